The van der Waals surface area contributed by atoms with Gasteiger partial charge in [-0.05, 0) is 96.4 Å². The van der Waals surface area contributed by atoms with Crippen molar-refractivity contribution in [2.75, 3.05) is 46.4 Å². The highest BCUT2D eigenvalue weighted by molar-refractivity contribution is 5.96. The van der Waals surface area contributed by atoms with Gasteiger partial charge in [-0.15, -0.1) is 0 Å². The van der Waals surface area contributed by atoms with Crippen molar-refractivity contribution in [2.24, 2.45) is 5.92 Å². The number of hydrogen-bond acceptors (Lipinski definition) is 10. The average Bonchev–Trinajstić information content (AvgIpc) is 3.34. The number of pyridine rings is 1. The van der Waals surface area contributed by atoms with E-state index in [1.807, 2.05) is 36.4 Å². The fourth-order valence-electron chi connectivity index (χ4n) is 8.81. The molecule has 6 aromatic rings. The minimum atomic E-state index is -2.05. The monoisotopic (exact) mass is 862 g/mol. The number of methoxy groups -OCH3 is 1. The smallest absolute Gasteiger partial charge is 0.347 e. The molecule has 0 spiro atoms. The Morgan fingerprint density at radius 1 is 0.875 bits per heavy atom. The van der Waals surface area contributed by atoms with E-state index in [9.17, 15) is 29.7 Å². The molecule has 330 valence electrons. The quantitative estimate of drug-likeness (QED) is 0.0704. The van der Waals surface area contributed by atoms with Crippen molar-refractivity contribution >= 4 is 28.4 Å². The Kier molecular flexibility index (Phi) is 13.7. The van der Waals surface area contributed by atoms with Crippen LogP contribution in [0.25, 0.3) is 16.5 Å². The number of nitrogens with zero attached hydrogens (tertiary/aromatic N) is 2. The van der Waals surface area contributed by atoms with Gasteiger partial charge in [0, 0.05) is 60.9 Å². The van der Waals surface area contributed by atoms with Crippen LogP contribution in [0.15, 0.2) is 138 Å². The van der Waals surface area contributed by atoms with Crippen molar-refractivity contribution in [1.82, 2.24) is 20.1 Å². The van der Waals surface area contributed by atoms with Gasteiger partial charge in [0.15, 0.2) is 0 Å². The number of fused-ring (bicyclic) bond motifs is 1. The van der Waals surface area contributed by atoms with Crippen LogP contribution in [0.2, 0.25) is 0 Å². The number of carbonyl (C=O) groups is 2. The number of aromatic amines is 1. The van der Waals surface area contributed by atoms with E-state index in [2.05, 4.69) is 45.5 Å². The number of hydrogen-bond donors (Lipinski definition) is 5. The van der Waals surface area contributed by atoms with Crippen LogP contribution in [0, 0.1) is 5.92 Å². The minimum absolute atomic E-state index is 0.0789. The predicted octanol–water partition coefficient (Wildman–Crippen LogP) is 6.69. The zero-order valence-corrected chi connectivity index (χ0v) is 35.9. The third kappa shape index (κ3) is 9.80. The Hall–Kier alpha value is -6.57. The number of phenolic OH excluding ortho intramolecular Hbond substituents is 1. The van der Waals surface area contributed by atoms with Crippen molar-refractivity contribution in [1.29, 1.82) is 0 Å². The van der Waals surface area contributed by atoms with Crippen molar-refractivity contribution in [3.8, 4) is 11.5 Å². The summed E-state index contributed by atoms with van der Waals surface area (Å²) >= 11 is 0. The van der Waals surface area contributed by atoms with Gasteiger partial charge in [-0.2, -0.15) is 0 Å². The maximum absolute atomic E-state index is 14.1. The minimum Gasteiger partial charge on any atom is -0.506 e. The number of piperidine rings is 1. The van der Waals surface area contributed by atoms with Crippen LogP contribution in [-0.4, -0.2) is 88.4 Å². The number of phenols is 1. The third-order valence-electron chi connectivity index (χ3n) is 12.4. The lowest BCUT2D eigenvalue weighted by atomic mass is 9.84. The van der Waals surface area contributed by atoms with Gasteiger partial charge in [0.1, 0.15) is 11.5 Å². The van der Waals surface area contributed by atoms with Gasteiger partial charge in [-0.3, -0.25) is 14.5 Å². The molecule has 1 saturated heterocycles. The highest BCUT2D eigenvalue weighted by atomic mass is 16.5. The first kappa shape index (κ1) is 44.1. The number of benzene rings is 5. The summed E-state index contributed by atoms with van der Waals surface area (Å²) in [6.45, 7) is 4.28. The van der Waals surface area contributed by atoms with Crippen molar-refractivity contribution < 1.29 is 34.4 Å². The van der Waals surface area contributed by atoms with E-state index in [-0.39, 0.29) is 41.8 Å². The molecule has 2 unspecified atom stereocenters. The molecule has 3 heterocycles. The van der Waals surface area contributed by atoms with E-state index < -0.39 is 17.7 Å². The molecule has 2 atom stereocenters. The first-order chi connectivity index (χ1) is 31.1. The van der Waals surface area contributed by atoms with Crippen LogP contribution < -0.4 is 15.6 Å². The summed E-state index contributed by atoms with van der Waals surface area (Å²) in [5.74, 6) is -0.251. The van der Waals surface area contributed by atoms with Gasteiger partial charge in [0.25, 0.3) is 5.91 Å². The summed E-state index contributed by atoms with van der Waals surface area (Å²) in [7, 11) is 1.54. The SMILES string of the molecule is COc1cc(C(=O)N2CCC=C(c3cccc(C(O)(C(=O)OCC4CCN(Cc5ccccc5)CC4)c4ccccc4)c3)C2)ccc1CNCC(O)c1ccc(O)c2[nH]c(=O)ccc12. The van der Waals surface area contributed by atoms with Crippen LogP contribution in [0.5, 0.6) is 11.5 Å². The summed E-state index contributed by atoms with van der Waals surface area (Å²) in [4.78, 5) is 46.8. The molecular weight excluding hydrogens is 809 g/mol. The number of esters is 1. The molecule has 1 fully saturated rings. The van der Waals surface area contributed by atoms with Crippen molar-refractivity contribution in [3.05, 3.63) is 183 Å². The molecule has 2 aliphatic heterocycles. The Morgan fingerprint density at radius 2 is 1.62 bits per heavy atom. The Morgan fingerprint density at radius 3 is 2.39 bits per heavy atom. The molecule has 2 aliphatic rings. The fourth-order valence-corrected chi connectivity index (χ4v) is 8.81. The molecule has 8 rings (SSSR count). The second-order valence-corrected chi connectivity index (χ2v) is 16.7. The molecule has 64 heavy (non-hydrogen) atoms. The number of H-pyrrole nitrogens is 1. The molecule has 0 saturated carbocycles. The van der Waals surface area contributed by atoms with E-state index in [1.165, 1.54) is 17.7 Å². The number of aliphatic hydroxyl groups excluding tert-OH is 1. The third-order valence-corrected chi connectivity index (χ3v) is 12.4. The Bertz CT molecular complexity index is 2680. The first-order valence-corrected chi connectivity index (χ1v) is 21.8. The summed E-state index contributed by atoms with van der Waals surface area (Å²) in [5.41, 5.74) is 3.43. The van der Waals surface area contributed by atoms with E-state index >= 15 is 0 Å². The molecular formula is C52H54N4O8. The van der Waals surface area contributed by atoms with Crippen molar-refractivity contribution in [3.63, 3.8) is 0 Å². The number of ether oxygens (including phenoxy) is 2. The maximum atomic E-state index is 14.1. The summed E-state index contributed by atoms with van der Waals surface area (Å²) in [6.07, 6.45) is 3.57. The maximum Gasteiger partial charge on any atom is 0.347 e. The zero-order chi connectivity index (χ0) is 44.6. The highest BCUT2D eigenvalue weighted by Gasteiger charge is 2.42. The normalized spacial score (nSPS) is 16.2. The van der Waals surface area contributed by atoms with E-state index in [0.29, 0.717) is 59.4 Å². The molecule has 12 heteroatoms. The molecule has 1 aromatic heterocycles. The van der Waals surface area contributed by atoms with Crippen LogP contribution in [0.4, 0.5) is 0 Å². The van der Waals surface area contributed by atoms with Crippen LogP contribution in [0.3, 0.4) is 0 Å². The van der Waals surface area contributed by atoms with Gasteiger partial charge in [0.2, 0.25) is 11.2 Å². The number of carbonyl (C=O) groups excluding carboxylic acids is 2. The standard InChI is InChI=1S/C52H54N4O8/c1-63-47-29-38(17-18-39(47)30-53-31-46(58)43-19-21-45(57)49-44(43)20-22-48(59)54-49)50(60)56-25-9-13-40(33-56)37-12-8-16-42(28-37)52(62,41-14-6-3-7-15-41)51(61)64-34-36-23-26-55(27-24-36)32-35-10-4-2-5-11-35/h2-8,10-22,28-29,36,46,53,57-58,62H,9,23-27,30-34H2,1H3,(H,54,59). The number of rotatable bonds is 15. The van der Waals surface area contributed by atoms with E-state index in [4.69, 9.17) is 9.47 Å². The molecule has 1 amide bonds. The van der Waals surface area contributed by atoms with Crippen LogP contribution in [-0.2, 0) is 28.2 Å². The van der Waals surface area contributed by atoms with Crippen LogP contribution in [0.1, 0.15) is 69.1 Å². The molecule has 5 N–H and O–H groups in total. The van der Waals surface area contributed by atoms with Gasteiger partial charge in [0.05, 0.1) is 25.3 Å². The lowest BCUT2D eigenvalue weighted by Gasteiger charge is -2.33. The lowest BCUT2D eigenvalue weighted by molar-refractivity contribution is -0.164. The summed E-state index contributed by atoms with van der Waals surface area (Å²) in [5, 5.41) is 37.5. The summed E-state index contributed by atoms with van der Waals surface area (Å²) < 4.78 is 11.7. The first-order valence-electron chi connectivity index (χ1n) is 21.8. The molecule has 0 bridgehead atoms. The summed E-state index contributed by atoms with van der Waals surface area (Å²) in [6, 6.07) is 37.9. The fraction of sp³-hybridized carbons (Fsp3) is 0.288. The lowest BCUT2D eigenvalue weighted by Crippen LogP contribution is -2.40. The largest absolute Gasteiger partial charge is 0.506 e. The topological polar surface area (TPSA) is 165 Å². The number of likely N-dealkylation sites (tertiary alicyclic amines) is 1. The van der Waals surface area contributed by atoms with E-state index in [1.54, 1.807) is 66.6 Å². The number of amides is 1. The Labute approximate surface area is 372 Å². The van der Waals surface area contributed by atoms with Crippen molar-refractivity contribution in [2.45, 2.75) is 44.1 Å². The van der Waals surface area contributed by atoms with E-state index in [0.717, 1.165) is 49.2 Å². The number of aliphatic hydroxyl groups is 2. The van der Waals surface area contributed by atoms with Gasteiger partial charge in [-0.1, -0.05) is 97.1 Å². The molecule has 0 radical (unpaired) electrons. The predicted molar refractivity (Wildman–Crippen MR) is 246 cm³/mol. The number of aromatic hydroxyl groups is 1. The average molecular weight is 863 g/mol. The number of aromatic nitrogens is 1. The van der Waals surface area contributed by atoms with Gasteiger partial charge < -0.3 is 40.0 Å². The molecule has 12 nitrogen and oxygen atoms in total. The zero-order valence-electron chi connectivity index (χ0n) is 35.9. The highest BCUT2D eigenvalue weighted by Crippen LogP contribution is 2.35. The second-order valence-electron chi connectivity index (χ2n) is 16.7. The Balaban J connectivity index is 0.908. The second kappa shape index (κ2) is 19.9. The van der Waals surface area contributed by atoms with Gasteiger partial charge in [-0.25, -0.2) is 4.79 Å². The molecule has 0 aliphatic carbocycles. The van der Waals surface area contributed by atoms with Crippen LogP contribution >= 0.6 is 0 Å². The van der Waals surface area contributed by atoms with Gasteiger partial charge >= 0.3 is 5.97 Å². The molecule has 5 aromatic carbocycles. The number of nitrogens with one attached hydrogen (secondary N) is 2.